The van der Waals surface area contributed by atoms with E-state index in [1.165, 1.54) is 10.4 Å². The van der Waals surface area contributed by atoms with Crippen LogP contribution in [0, 0.1) is 5.92 Å². The van der Waals surface area contributed by atoms with E-state index in [4.69, 9.17) is 11.6 Å². The van der Waals surface area contributed by atoms with Crippen molar-refractivity contribution in [3.05, 3.63) is 16.5 Å². The number of sulfonamides is 1. The number of nitrogens with zero attached hydrogens (tertiary/aromatic N) is 2. The Labute approximate surface area is 156 Å². The summed E-state index contributed by atoms with van der Waals surface area (Å²) in [5.41, 5.74) is 0. The molecule has 0 spiro atoms. The monoisotopic (exact) mass is 405 g/mol. The van der Waals surface area contributed by atoms with Crippen LogP contribution in [0.4, 0.5) is 0 Å². The highest BCUT2D eigenvalue weighted by molar-refractivity contribution is 7.91. The highest BCUT2D eigenvalue weighted by Crippen LogP contribution is 2.31. The molecule has 0 radical (unpaired) electrons. The van der Waals surface area contributed by atoms with E-state index in [0.29, 0.717) is 36.8 Å². The summed E-state index contributed by atoms with van der Waals surface area (Å²) in [6, 6.07) is 2.52. The number of nitrogens with one attached hydrogen (secondary N) is 1. The van der Waals surface area contributed by atoms with Crippen molar-refractivity contribution in [3.63, 3.8) is 0 Å². The first-order valence-corrected chi connectivity index (χ1v) is 10.8. The second-order valence-corrected chi connectivity index (χ2v) is 10.1. The minimum absolute atomic E-state index is 0.140. The fourth-order valence-corrected chi connectivity index (χ4v) is 6.40. The predicted molar refractivity (Wildman–Crippen MR) is 95.0 cm³/mol. The maximum absolute atomic E-state index is 12.8. The minimum Gasteiger partial charge on any atom is -0.353 e. The molecule has 1 N–H and O–H groups in total. The number of hydrogen-bond donors (Lipinski definition) is 1. The fourth-order valence-electron chi connectivity index (χ4n) is 3.24. The lowest BCUT2D eigenvalue weighted by Crippen LogP contribution is -2.58. The maximum Gasteiger partial charge on any atom is 0.252 e. The van der Waals surface area contributed by atoms with E-state index in [1.807, 2.05) is 0 Å². The number of amides is 2. The number of rotatable bonds is 3. The fraction of sp³-hybridized carbons (Fsp3) is 0.600. The number of thiophene rings is 1. The first-order valence-electron chi connectivity index (χ1n) is 8.14. The van der Waals surface area contributed by atoms with Crippen LogP contribution in [0.2, 0.25) is 4.34 Å². The Hall–Kier alpha value is -1.16. The molecule has 138 valence electrons. The summed E-state index contributed by atoms with van der Waals surface area (Å²) in [7, 11) is -3.65. The Morgan fingerprint density at radius 1 is 1.36 bits per heavy atom. The van der Waals surface area contributed by atoms with Crippen LogP contribution in [-0.4, -0.2) is 61.7 Å². The van der Waals surface area contributed by atoms with Crippen molar-refractivity contribution in [2.75, 3.05) is 26.2 Å². The maximum atomic E-state index is 12.8. The molecule has 2 fully saturated rings. The van der Waals surface area contributed by atoms with Crippen molar-refractivity contribution in [2.45, 2.75) is 30.0 Å². The zero-order chi connectivity index (χ0) is 18.2. The highest BCUT2D eigenvalue weighted by atomic mass is 35.5. The largest absolute Gasteiger partial charge is 0.353 e. The summed E-state index contributed by atoms with van der Waals surface area (Å²) in [6.07, 6.45) is 1.24. The number of carbonyl (C=O) groups excluding carboxylic acids is 2. The van der Waals surface area contributed by atoms with E-state index in [2.05, 4.69) is 5.32 Å². The smallest absolute Gasteiger partial charge is 0.252 e. The van der Waals surface area contributed by atoms with Gasteiger partial charge in [-0.25, -0.2) is 8.42 Å². The van der Waals surface area contributed by atoms with E-state index in [9.17, 15) is 18.0 Å². The second kappa shape index (κ2) is 7.22. The molecule has 0 bridgehead atoms. The summed E-state index contributed by atoms with van der Waals surface area (Å²) in [4.78, 5) is 26.2. The van der Waals surface area contributed by atoms with Gasteiger partial charge in [-0.1, -0.05) is 11.6 Å². The minimum atomic E-state index is -3.65. The van der Waals surface area contributed by atoms with Gasteiger partial charge in [0.25, 0.3) is 10.0 Å². The summed E-state index contributed by atoms with van der Waals surface area (Å²) in [5, 5.41) is 2.73. The lowest BCUT2D eigenvalue weighted by molar-refractivity contribution is -0.146. The van der Waals surface area contributed by atoms with Crippen LogP contribution in [0.15, 0.2) is 16.3 Å². The molecule has 3 heterocycles. The van der Waals surface area contributed by atoms with Gasteiger partial charge in [0.2, 0.25) is 11.8 Å². The van der Waals surface area contributed by atoms with E-state index in [1.54, 1.807) is 17.9 Å². The van der Waals surface area contributed by atoms with Gasteiger partial charge >= 0.3 is 0 Å². The molecule has 10 heteroatoms. The van der Waals surface area contributed by atoms with Gasteiger partial charge < -0.3 is 10.2 Å². The average Bonchev–Trinajstić information content (AvgIpc) is 3.04. The van der Waals surface area contributed by atoms with Crippen LogP contribution >= 0.6 is 22.9 Å². The normalized spacial score (nSPS) is 25.7. The molecular formula is C15H20ClN3O4S2. The summed E-state index contributed by atoms with van der Waals surface area (Å²) >= 11 is 6.87. The van der Waals surface area contributed by atoms with E-state index in [0.717, 1.165) is 11.3 Å². The van der Waals surface area contributed by atoms with Crippen molar-refractivity contribution in [1.29, 1.82) is 0 Å². The van der Waals surface area contributed by atoms with Gasteiger partial charge in [-0.15, -0.1) is 11.3 Å². The Morgan fingerprint density at radius 2 is 2.12 bits per heavy atom. The molecule has 2 amide bonds. The molecule has 2 unspecified atom stereocenters. The third kappa shape index (κ3) is 3.69. The van der Waals surface area contributed by atoms with Gasteiger partial charge in [-0.3, -0.25) is 9.59 Å². The summed E-state index contributed by atoms with van der Waals surface area (Å²) < 4.78 is 27.5. The third-order valence-corrected chi connectivity index (χ3v) is 8.22. The molecule has 2 atom stereocenters. The zero-order valence-electron chi connectivity index (χ0n) is 13.8. The van der Waals surface area contributed by atoms with Crippen molar-refractivity contribution >= 4 is 44.8 Å². The van der Waals surface area contributed by atoms with Gasteiger partial charge in [-0.05, 0) is 31.9 Å². The second-order valence-electron chi connectivity index (χ2n) is 6.26. The molecule has 0 aliphatic carbocycles. The Kier molecular flexibility index (Phi) is 5.38. The third-order valence-electron chi connectivity index (χ3n) is 4.66. The number of carbonyl (C=O) groups is 2. The van der Waals surface area contributed by atoms with Crippen molar-refractivity contribution in [1.82, 2.24) is 14.5 Å². The van der Waals surface area contributed by atoms with Gasteiger partial charge in [0.05, 0.1) is 10.3 Å². The Bertz CT molecular complexity index is 779. The van der Waals surface area contributed by atoms with Crippen LogP contribution < -0.4 is 5.32 Å². The van der Waals surface area contributed by atoms with E-state index >= 15 is 0 Å². The van der Waals surface area contributed by atoms with Crippen LogP contribution in [0.25, 0.3) is 0 Å². The first-order chi connectivity index (χ1) is 11.8. The average molecular weight is 406 g/mol. The first kappa shape index (κ1) is 18.6. The molecule has 3 rings (SSSR count). The summed E-state index contributed by atoms with van der Waals surface area (Å²) in [5.74, 6) is -0.744. The molecule has 0 saturated carbocycles. The van der Waals surface area contributed by atoms with Crippen LogP contribution in [0.1, 0.15) is 19.8 Å². The Morgan fingerprint density at radius 3 is 2.80 bits per heavy atom. The molecular weight excluding hydrogens is 386 g/mol. The van der Waals surface area contributed by atoms with Crippen molar-refractivity contribution in [2.24, 2.45) is 5.92 Å². The quantitative estimate of drug-likeness (QED) is 0.817. The molecule has 2 aliphatic heterocycles. The van der Waals surface area contributed by atoms with Gasteiger partial charge in [0, 0.05) is 26.2 Å². The lowest BCUT2D eigenvalue weighted by Gasteiger charge is -2.38. The molecule has 25 heavy (non-hydrogen) atoms. The van der Waals surface area contributed by atoms with Gasteiger partial charge in [0.1, 0.15) is 10.3 Å². The van der Waals surface area contributed by atoms with E-state index < -0.39 is 22.0 Å². The van der Waals surface area contributed by atoms with Gasteiger partial charge in [-0.2, -0.15) is 4.31 Å². The van der Waals surface area contributed by atoms with Crippen molar-refractivity contribution < 1.29 is 18.0 Å². The van der Waals surface area contributed by atoms with Crippen LogP contribution in [0.5, 0.6) is 0 Å². The molecule has 1 aromatic heterocycles. The van der Waals surface area contributed by atoms with Gasteiger partial charge in [0.15, 0.2) is 0 Å². The Balaban J connectivity index is 1.75. The topological polar surface area (TPSA) is 86.8 Å². The summed E-state index contributed by atoms with van der Waals surface area (Å²) in [6.45, 7) is 3.10. The highest BCUT2D eigenvalue weighted by Gasteiger charge is 2.38. The predicted octanol–water partition coefficient (Wildman–Crippen LogP) is 1.15. The molecule has 0 aromatic carbocycles. The number of halogens is 1. The molecule has 2 aliphatic rings. The van der Waals surface area contributed by atoms with Crippen molar-refractivity contribution in [3.8, 4) is 0 Å². The zero-order valence-corrected chi connectivity index (χ0v) is 16.2. The number of hydrogen-bond acceptors (Lipinski definition) is 5. The molecule has 7 nitrogen and oxygen atoms in total. The number of piperidine rings is 1. The SMILES string of the molecule is CC1C(=O)NCCN1C(=O)C1CCCN(S(=O)(=O)c2ccc(Cl)s2)C1. The lowest BCUT2D eigenvalue weighted by atomic mass is 9.97. The van der Waals surface area contributed by atoms with E-state index in [-0.39, 0.29) is 22.6 Å². The van der Waals surface area contributed by atoms with Crippen LogP contribution in [-0.2, 0) is 19.6 Å². The standard InChI is InChI=1S/C15H20ClN3O4S2/c1-10-14(20)17-6-8-19(10)15(21)11-3-2-7-18(9-11)25(22,23)13-5-4-12(16)24-13/h4-5,10-11H,2-3,6-9H2,1H3,(H,17,20). The molecule has 2 saturated heterocycles. The number of piperazine rings is 1. The molecule has 1 aromatic rings. The van der Waals surface area contributed by atoms with Crippen LogP contribution in [0.3, 0.4) is 0 Å².